The molecule has 1 aliphatic heterocycles. The molecule has 3 heterocycles. The number of benzene rings is 1. The first-order valence-corrected chi connectivity index (χ1v) is 12.4. The minimum absolute atomic E-state index is 0.00480. The number of hydrogen-bond donors (Lipinski definition) is 0. The maximum Gasteiger partial charge on any atom is 0.272 e. The number of amides is 1. The summed E-state index contributed by atoms with van der Waals surface area (Å²) in [5, 5.41) is 10.8. The maximum atomic E-state index is 14.4. The van der Waals surface area contributed by atoms with Crippen LogP contribution in [0.4, 0.5) is 10.1 Å². The molecular weight excluding hydrogens is 455 g/mol. The van der Waals surface area contributed by atoms with Crippen molar-refractivity contribution in [2.45, 2.75) is 46.6 Å². The average Bonchev–Trinajstić information content (AvgIpc) is 3.51. The quantitative estimate of drug-likeness (QED) is 0.337. The molecule has 0 bridgehead atoms. The van der Waals surface area contributed by atoms with Crippen LogP contribution in [0.5, 0.6) is 0 Å². The number of rotatable bonds is 5. The van der Waals surface area contributed by atoms with E-state index in [9.17, 15) is 19.3 Å². The third-order valence-electron chi connectivity index (χ3n) is 5.51. The summed E-state index contributed by atoms with van der Waals surface area (Å²) < 4.78 is 15.2. The van der Waals surface area contributed by atoms with Gasteiger partial charge in [-0.25, -0.2) is 4.39 Å². The molecule has 0 radical (unpaired) electrons. The normalized spacial score (nSPS) is 14.9. The van der Waals surface area contributed by atoms with E-state index in [2.05, 4.69) is 9.88 Å². The van der Waals surface area contributed by atoms with Gasteiger partial charge in [-0.05, 0) is 49.8 Å². The minimum Gasteiger partial charge on any atom is -0.336 e. The first kappa shape index (κ1) is 27.3. The summed E-state index contributed by atoms with van der Waals surface area (Å²) in [6, 6.07) is 7.63. The van der Waals surface area contributed by atoms with Gasteiger partial charge in [0.15, 0.2) is 0 Å². The van der Waals surface area contributed by atoms with E-state index in [1.54, 1.807) is 18.3 Å². The first-order valence-electron chi connectivity index (χ1n) is 11.6. The van der Waals surface area contributed by atoms with Gasteiger partial charge in [-0.15, -0.1) is 11.3 Å². The highest BCUT2D eigenvalue weighted by atomic mass is 32.1. The molecule has 1 fully saturated rings. The third kappa shape index (κ3) is 6.15. The van der Waals surface area contributed by atoms with Gasteiger partial charge in [0.2, 0.25) is 0 Å². The highest BCUT2D eigenvalue weighted by Crippen LogP contribution is 2.31. The summed E-state index contributed by atoms with van der Waals surface area (Å²) in [6.45, 7) is 9.43. The summed E-state index contributed by atoms with van der Waals surface area (Å²) in [6.07, 6.45) is 2.86. The number of nitro groups is 1. The Balaban J connectivity index is 0.000000970. The lowest BCUT2D eigenvalue weighted by Gasteiger charge is -2.19. The highest BCUT2D eigenvalue weighted by molar-refractivity contribution is 7.21. The van der Waals surface area contributed by atoms with Crippen LogP contribution in [0.1, 0.15) is 54.9 Å². The molecule has 7 nitrogen and oxygen atoms in total. The summed E-state index contributed by atoms with van der Waals surface area (Å²) in [5.41, 5.74) is 1.63. The Labute approximate surface area is 204 Å². The van der Waals surface area contributed by atoms with Crippen molar-refractivity contribution in [3.05, 3.63) is 68.5 Å². The highest BCUT2D eigenvalue weighted by Gasteiger charge is 2.29. The summed E-state index contributed by atoms with van der Waals surface area (Å²) in [4.78, 5) is 32.2. The zero-order valence-electron chi connectivity index (χ0n) is 20.7. The Morgan fingerprint density at radius 2 is 1.91 bits per heavy atom. The van der Waals surface area contributed by atoms with Gasteiger partial charge in [0.05, 0.1) is 26.1 Å². The van der Waals surface area contributed by atoms with Crippen LogP contribution in [0.3, 0.4) is 0 Å². The van der Waals surface area contributed by atoms with Crippen LogP contribution in [0.2, 0.25) is 0 Å². The second-order valence-electron chi connectivity index (χ2n) is 7.66. The number of pyridine rings is 1. The molecule has 34 heavy (non-hydrogen) atoms. The van der Waals surface area contributed by atoms with E-state index < -0.39 is 10.7 Å². The number of carbonyl (C=O) groups excluding carboxylic acids is 1. The minimum atomic E-state index is -0.617. The van der Waals surface area contributed by atoms with Crippen molar-refractivity contribution >= 4 is 33.1 Å². The topological polar surface area (TPSA) is 79.6 Å². The predicted molar refractivity (Wildman–Crippen MR) is 136 cm³/mol. The van der Waals surface area contributed by atoms with Crippen molar-refractivity contribution in [2.24, 2.45) is 0 Å². The summed E-state index contributed by atoms with van der Waals surface area (Å²) in [7, 11) is 4.04. The van der Waals surface area contributed by atoms with E-state index in [0.29, 0.717) is 28.5 Å². The summed E-state index contributed by atoms with van der Waals surface area (Å²) in [5.74, 6) is -0.622. The van der Waals surface area contributed by atoms with Crippen molar-refractivity contribution in [3.63, 3.8) is 0 Å². The van der Waals surface area contributed by atoms with E-state index in [0.717, 1.165) is 29.3 Å². The molecule has 1 saturated heterocycles. The van der Waals surface area contributed by atoms with Gasteiger partial charge in [0.25, 0.3) is 11.6 Å². The second-order valence-corrected chi connectivity index (χ2v) is 8.71. The molecule has 0 saturated carbocycles. The van der Waals surface area contributed by atoms with Crippen LogP contribution in [0.25, 0.3) is 10.2 Å². The van der Waals surface area contributed by atoms with Crippen LogP contribution in [-0.4, -0.2) is 58.8 Å². The molecule has 1 aliphatic rings. The van der Waals surface area contributed by atoms with Gasteiger partial charge in [-0.3, -0.25) is 19.9 Å². The van der Waals surface area contributed by atoms with E-state index in [1.807, 2.05) is 46.7 Å². The van der Waals surface area contributed by atoms with Crippen molar-refractivity contribution < 1.29 is 14.1 Å². The SMILES string of the molecule is CC.CC.CN(C)C1CCN(C(=O)c2cc3nccc(Cc4ccc([N+](=O)[O-])cc4F)c3s2)C1. The number of fused-ring (bicyclic) bond motifs is 1. The summed E-state index contributed by atoms with van der Waals surface area (Å²) >= 11 is 1.36. The van der Waals surface area contributed by atoms with E-state index in [-0.39, 0.29) is 18.0 Å². The Kier molecular flexibility index (Phi) is 10.1. The molecule has 184 valence electrons. The molecule has 1 unspecified atom stereocenters. The Hall–Kier alpha value is -2.91. The van der Waals surface area contributed by atoms with Crippen molar-refractivity contribution in [2.75, 3.05) is 27.2 Å². The fraction of sp³-hybridized carbons (Fsp3) is 0.440. The van der Waals surface area contributed by atoms with Gasteiger partial charge in [0, 0.05) is 37.8 Å². The molecule has 4 rings (SSSR count). The van der Waals surface area contributed by atoms with Gasteiger partial charge in [-0.1, -0.05) is 27.7 Å². The lowest BCUT2D eigenvalue weighted by Crippen LogP contribution is -2.34. The molecular formula is C25H33FN4O3S. The van der Waals surface area contributed by atoms with E-state index >= 15 is 0 Å². The van der Waals surface area contributed by atoms with Crippen LogP contribution in [0.15, 0.2) is 36.5 Å². The van der Waals surface area contributed by atoms with E-state index in [1.165, 1.54) is 23.5 Å². The Morgan fingerprint density at radius 1 is 1.21 bits per heavy atom. The average molecular weight is 489 g/mol. The predicted octanol–water partition coefficient (Wildman–Crippen LogP) is 5.76. The van der Waals surface area contributed by atoms with Gasteiger partial charge < -0.3 is 9.80 Å². The van der Waals surface area contributed by atoms with Crippen molar-refractivity contribution in [1.29, 1.82) is 0 Å². The second kappa shape index (κ2) is 12.5. The number of nitrogens with zero attached hydrogens (tertiary/aromatic N) is 4. The standard InChI is InChI=1S/C21H21FN4O3S.2C2H6/c1-24(2)16-6-8-25(12-16)21(27)19-11-18-20(30-19)14(5-7-23-18)9-13-3-4-15(26(28)29)10-17(13)22;2*1-2/h3-5,7,10-11,16H,6,8-9,12H2,1-2H3;2*1-2H3. The lowest BCUT2D eigenvalue weighted by atomic mass is 10.0. The van der Waals surface area contributed by atoms with Gasteiger partial charge in [-0.2, -0.15) is 0 Å². The largest absolute Gasteiger partial charge is 0.336 e. The first-order chi connectivity index (χ1) is 16.3. The Bertz CT molecular complexity index is 1130. The van der Waals surface area contributed by atoms with Crippen LogP contribution >= 0.6 is 11.3 Å². The smallest absolute Gasteiger partial charge is 0.272 e. The lowest BCUT2D eigenvalue weighted by molar-refractivity contribution is -0.385. The molecule has 0 N–H and O–H groups in total. The Morgan fingerprint density at radius 3 is 2.50 bits per heavy atom. The van der Waals surface area contributed by atoms with Gasteiger partial charge >= 0.3 is 0 Å². The number of halogens is 1. The molecule has 0 aliphatic carbocycles. The molecule has 2 aromatic heterocycles. The number of thiophene rings is 1. The zero-order valence-corrected chi connectivity index (χ0v) is 21.5. The number of likely N-dealkylation sites (tertiary alicyclic amines) is 1. The van der Waals surface area contributed by atoms with Crippen LogP contribution in [-0.2, 0) is 6.42 Å². The fourth-order valence-corrected chi connectivity index (χ4v) is 4.83. The van der Waals surface area contributed by atoms with Crippen LogP contribution in [0, 0.1) is 15.9 Å². The van der Waals surface area contributed by atoms with Gasteiger partial charge in [0.1, 0.15) is 5.82 Å². The maximum absolute atomic E-state index is 14.4. The molecule has 9 heteroatoms. The number of non-ortho nitro benzene ring substituents is 1. The van der Waals surface area contributed by atoms with E-state index in [4.69, 9.17) is 0 Å². The monoisotopic (exact) mass is 488 g/mol. The number of hydrogen-bond acceptors (Lipinski definition) is 6. The molecule has 1 amide bonds. The molecule has 1 atom stereocenters. The molecule has 0 spiro atoms. The number of nitro benzene ring substituents is 1. The number of carbonyl (C=O) groups is 1. The fourth-order valence-electron chi connectivity index (χ4n) is 3.74. The number of likely N-dealkylation sites (N-methyl/N-ethyl adjacent to an activating group) is 1. The van der Waals surface area contributed by atoms with Crippen molar-refractivity contribution in [1.82, 2.24) is 14.8 Å². The molecule has 3 aromatic rings. The van der Waals surface area contributed by atoms with Crippen molar-refractivity contribution in [3.8, 4) is 0 Å². The zero-order chi connectivity index (χ0) is 25.4. The number of aromatic nitrogens is 1. The molecule has 1 aromatic carbocycles. The third-order valence-corrected chi connectivity index (χ3v) is 6.70. The van der Waals surface area contributed by atoms with Crippen LogP contribution < -0.4 is 0 Å².